The third-order valence-corrected chi connectivity index (χ3v) is 5.83. The summed E-state index contributed by atoms with van der Waals surface area (Å²) in [6.45, 7) is 0.463. The number of non-ortho nitro benzene ring substituents is 1. The van der Waals surface area contributed by atoms with Crippen LogP contribution in [-0.2, 0) is 14.8 Å². The number of sulfonamides is 1. The molecule has 1 aliphatic heterocycles. The van der Waals surface area contributed by atoms with Crippen LogP contribution in [-0.4, -0.2) is 40.0 Å². The van der Waals surface area contributed by atoms with Gasteiger partial charge >= 0.3 is 0 Å². The largest absolute Gasteiger partial charge is 0.495 e. The Labute approximate surface area is 167 Å². The van der Waals surface area contributed by atoms with Crippen LogP contribution in [0.25, 0.3) is 0 Å². The van der Waals surface area contributed by atoms with Gasteiger partial charge in [0.05, 0.1) is 35.4 Å². The van der Waals surface area contributed by atoms with Gasteiger partial charge in [-0.1, -0.05) is 0 Å². The molecule has 1 fully saturated rings. The fraction of sp³-hybridized carbons (Fsp3) is 0.278. The number of methoxy groups -OCH3 is 2. The normalized spacial score (nSPS) is 14.0. The van der Waals surface area contributed by atoms with E-state index in [4.69, 9.17) is 9.47 Å². The second-order valence-electron chi connectivity index (χ2n) is 6.23. The average Bonchev–Trinajstić information content (AvgIpc) is 3.12. The van der Waals surface area contributed by atoms with Gasteiger partial charge < -0.3 is 14.4 Å². The van der Waals surface area contributed by atoms with Crippen molar-refractivity contribution in [1.29, 1.82) is 0 Å². The Bertz CT molecular complexity index is 1070. The van der Waals surface area contributed by atoms with Gasteiger partial charge in [-0.15, -0.1) is 0 Å². The molecular weight excluding hydrogens is 402 g/mol. The SMILES string of the molecule is COc1ccc([N+](=O)[O-])cc1NS(=O)(=O)c1ccc(OC)c(N2CCCC2=O)c1. The van der Waals surface area contributed by atoms with Gasteiger partial charge in [0.2, 0.25) is 5.91 Å². The lowest BCUT2D eigenvalue weighted by Gasteiger charge is -2.20. The molecule has 0 unspecified atom stereocenters. The minimum Gasteiger partial charge on any atom is -0.495 e. The number of nitrogens with one attached hydrogen (secondary N) is 1. The molecule has 1 N–H and O–H groups in total. The highest BCUT2D eigenvalue weighted by Crippen LogP contribution is 2.35. The van der Waals surface area contributed by atoms with Crippen molar-refractivity contribution in [3.63, 3.8) is 0 Å². The summed E-state index contributed by atoms with van der Waals surface area (Å²) in [6, 6.07) is 7.72. The van der Waals surface area contributed by atoms with Crippen molar-refractivity contribution in [2.75, 3.05) is 30.4 Å². The molecule has 0 aliphatic carbocycles. The smallest absolute Gasteiger partial charge is 0.271 e. The average molecular weight is 421 g/mol. The van der Waals surface area contributed by atoms with Crippen LogP contribution in [0.2, 0.25) is 0 Å². The summed E-state index contributed by atoms with van der Waals surface area (Å²) in [5.74, 6) is 0.376. The second-order valence-corrected chi connectivity index (χ2v) is 7.91. The highest BCUT2D eigenvalue weighted by atomic mass is 32.2. The van der Waals surface area contributed by atoms with Crippen molar-refractivity contribution < 1.29 is 27.6 Å². The number of ether oxygens (including phenoxy) is 2. The number of hydrogen-bond donors (Lipinski definition) is 1. The molecule has 2 aromatic carbocycles. The van der Waals surface area contributed by atoms with Crippen LogP contribution in [0.5, 0.6) is 11.5 Å². The monoisotopic (exact) mass is 421 g/mol. The Hall–Kier alpha value is -3.34. The quantitative estimate of drug-likeness (QED) is 0.537. The van der Waals surface area contributed by atoms with Gasteiger partial charge in [-0.2, -0.15) is 0 Å². The fourth-order valence-electron chi connectivity index (χ4n) is 3.04. The molecule has 1 saturated heterocycles. The molecule has 11 heteroatoms. The molecule has 1 heterocycles. The molecule has 0 bridgehead atoms. The maximum atomic E-state index is 12.9. The highest BCUT2D eigenvalue weighted by Gasteiger charge is 2.27. The molecule has 10 nitrogen and oxygen atoms in total. The molecule has 0 spiro atoms. The van der Waals surface area contributed by atoms with E-state index in [1.807, 2.05) is 0 Å². The molecule has 0 saturated carbocycles. The zero-order valence-electron chi connectivity index (χ0n) is 15.7. The van der Waals surface area contributed by atoms with Crippen LogP contribution in [0.4, 0.5) is 17.1 Å². The summed E-state index contributed by atoms with van der Waals surface area (Å²) in [4.78, 5) is 23.8. The molecule has 1 amide bonds. The first-order chi connectivity index (χ1) is 13.8. The van der Waals surface area contributed by atoms with Gasteiger partial charge in [-0.3, -0.25) is 19.6 Å². The number of nitrogens with zero attached hydrogens (tertiary/aromatic N) is 2. The summed E-state index contributed by atoms with van der Waals surface area (Å²) in [7, 11) is -1.38. The minimum atomic E-state index is -4.13. The van der Waals surface area contributed by atoms with E-state index in [-0.39, 0.29) is 27.9 Å². The van der Waals surface area contributed by atoms with Crippen LogP contribution in [0.15, 0.2) is 41.3 Å². The number of hydrogen-bond acceptors (Lipinski definition) is 7. The Balaban J connectivity index is 2.01. The number of amides is 1. The minimum absolute atomic E-state index is 0.0729. The van der Waals surface area contributed by atoms with Crippen LogP contribution in [0.3, 0.4) is 0 Å². The lowest BCUT2D eigenvalue weighted by molar-refractivity contribution is -0.384. The first-order valence-electron chi connectivity index (χ1n) is 8.60. The van der Waals surface area contributed by atoms with E-state index in [1.54, 1.807) is 0 Å². The summed E-state index contributed by atoms with van der Waals surface area (Å²) < 4.78 is 38.5. The zero-order valence-corrected chi connectivity index (χ0v) is 16.6. The Kier molecular flexibility index (Phi) is 5.59. The van der Waals surface area contributed by atoms with Crippen LogP contribution < -0.4 is 19.1 Å². The van der Waals surface area contributed by atoms with E-state index in [0.717, 1.165) is 6.07 Å². The maximum Gasteiger partial charge on any atom is 0.271 e. The van der Waals surface area contributed by atoms with Crippen molar-refractivity contribution in [3.8, 4) is 11.5 Å². The maximum absolute atomic E-state index is 12.9. The summed E-state index contributed by atoms with van der Waals surface area (Å²) in [5, 5.41) is 11.0. The highest BCUT2D eigenvalue weighted by molar-refractivity contribution is 7.92. The summed E-state index contributed by atoms with van der Waals surface area (Å²) in [5.41, 5.74) is -0.0122. The van der Waals surface area contributed by atoms with E-state index in [9.17, 15) is 23.3 Å². The van der Waals surface area contributed by atoms with Gasteiger partial charge in [0.15, 0.2) is 0 Å². The number of carbonyl (C=O) groups excluding carboxylic acids is 1. The van der Waals surface area contributed by atoms with Gasteiger partial charge in [0.1, 0.15) is 11.5 Å². The second kappa shape index (κ2) is 7.95. The Morgan fingerprint density at radius 2 is 1.79 bits per heavy atom. The first-order valence-corrected chi connectivity index (χ1v) is 10.1. The van der Waals surface area contributed by atoms with Crippen LogP contribution in [0.1, 0.15) is 12.8 Å². The molecule has 29 heavy (non-hydrogen) atoms. The molecular formula is C18H19N3O7S. The number of benzene rings is 2. The molecule has 3 rings (SSSR count). The fourth-order valence-corrected chi connectivity index (χ4v) is 4.12. The molecule has 0 atom stereocenters. The third-order valence-electron chi connectivity index (χ3n) is 4.46. The Morgan fingerprint density at radius 1 is 1.10 bits per heavy atom. The summed E-state index contributed by atoms with van der Waals surface area (Å²) >= 11 is 0. The van der Waals surface area contributed by atoms with E-state index in [0.29, 0.717) is 30.8 Å². The topological polar surface area (TPSA) is 128 Å². The van der Waals surface area contributed by atoms with Gasteiger partial charge in [0.25, 0.3) is 15.7 Å². The van der Waals surface area contributed by atoms with Crippen LogP contribution >= 0.6 is 0 Å². The number of carbonyl (C=O) groups is 1. The summed E-state index contributed by atoms with van der Waals surface area (Å²) in [6.07, 6.45) is 1.05. The van der Waals surface area contributed by atoms with Gasteiger partial charge in [0, 0.05) is 25.1 Å². The van der Waals surface area contributed by atoms with E-state index < -0.39 is 14.9 Å². The van der Waals surface area contributed by atoms with Crippen molar-refractivity contribution in [3.05, 3.63) is 46.5 Å². The molecule has 0 radical (unpaired) electrons. The predicted molar refractivity (Wildman–Crippen MR) is 105 cm³/mol. The number of nitro benzene ring substituents is 1. The van der Waals surface area contributed by atoms with Crippen LogP contribution in [0, 0.1) is 10.1 Å². The van der Waals surface area contributed by atoms with E-state index in [1.165, 1.54) is 49.5 Å². The van der Waals surface area contributed by atoms with Crippen molar-refractivity contribution in [2.24, 2.45) is 0 Å². The lowest BCUT2D eigenvalue weighted by atomic mass is 10.2. The van der Waals surface area contributed by atoms with Gasteiger partial charge in [-0.05, 0) is 30.7 Å². The molecule has 0 aromatic heterocycles. The third kappa shape index (κ3) is 4.09. The number of nitro groups is 1. The Morgan fingerprint density at radius 3 is 2.38 bits per heavy atom. The first kappa shape index (κ1) is 20.4. The molecule has 2 aromatic rings. The molecule has 1 aliphatic rings. The van der Waals surface area contributed by atoms with E-state index >= 15 is 0 Å². The van der Waals surface area contributed by atoms with Crippen molar-refractivity contribution in [1.82, 2.24) is 0 Å². The van der Waals surface area contributed by atoms with Crippen molar-refractivity contribution >= 4 is 33.0 Å². The van der Waals surface area contributed by atoms with Crippen molar-refractivity contribution in [2.45, 2.75) is 17.7 Å². The zero-order chi connectivity index (χ0) is 21.2. The van der Waals surface area contributed by atoms with Gasteiger partial charge in [-0.25, -0.2) is 8.42 Å². The number of anilines is 2. The lowest BCUT2D eigenvalue weighted by Crippen LogP contribution is -2.25. The molecule has 154 valence electrons. The predicted octanol–water partition coefficient (Wildman–Crippen LogP) is 2.54. The standard InChI is InChI=1S/C18H19N3O7S/c1-27-16-7-5-12(21(23)24)10-14(16)19-29(25,26)13-6-8-17(28-2)15(11-13)20-9-3-4-18(20)22/h5-8,10-11,19H,3-4,9H2,1-2H3. The van der Waals surface area contributed by atoms with E-state index in [2.05, 4.69) is 4.72 Å². The number of rotatable bonds is 7.